The van der Waals surface area contributed by atoms with E-state index in [2.05, 4.69) is 6.42 Å². The zero-order chi connectivity index (χ0) is 7.19. The quantitative estimate of drug-likeness (QED) is 0.574. The summed E-state index contributed by atoms with van der Waals surface area (Å²) in [6, 6.07) is 0. The van der Waals surface area contributed by atoms with E-state index in [-0.39, 0.29) is 11.3 Å². The first-order chi connectivity index (χ1) is 4.76. The lowest BCUT2D eigenvalue weighted by atomic mass is 9.88. The topological polar surface area (TPSA) is 43.1 Å². The summed E-state index contributed by atoms with van der Waals surface area (Å²) in [5, 5.41) is 0. The van der Waals surface area contributed by atoms with Gasteiger partial charge in [-0.1, -0.05) is 12.8 Å². The Morgan fingerprint density at radius 3 is 2.90 bits per heavy atom. The molecule has 2 rings (SSSR count). The van der Waals surface area contributed by atoms with Crippen molar-refractivity contribution in [2.75, 3.05) is 0 Å². The molecule has 0 heterocycles. The van der Waals surface area contributed by atoms with Gasteiger partial charge in [-0.2, -0.15) is 0 Å². The van der Waals surface area contributed by atoms with Crippen LogP contribution in [0.4, 0.5) is 0 Å². The van der Waals surface area contributed by atoms with Gasteiger partial charge in [0.1, 0.15) is 0 Å². The molecule has 2 heteroatoms. The van der Waals surface area contributed by atoms with Gasteiger partial charge in [0, 0.05) is 0 Å². The fourth-order valence-corrected chi connectivity index (χ4v) is 2.09. The van der Waals surface area contributed by atoms with Crippen LogP contribution in [0.15, 0.2) is 0 Å². The number of rotatable bonds is 1. The van der Waals surface area contributed by atoms with Crippen LogP contribution in [-0.4, -0.2) is 5.91 Å². The van der Waals surface area contributed by atoms with Gasteiger partial charge in [0.25, 0.3) is 0 Å². The summed E-state index contributed by atoms with van der Waals surface area (Å²) < 4.78 is 0. The third kappa shape index (κ3) is 0.619. The number of hydrogen-bond donors (Lipinski definition) is 1. The third-order valence-corrected chi connectivity index (χ3v) is 2.87. The van der Waals surface area contributed by atoms with Crippen molar-refractivity contribution >= 4 is 5.91 Å². The lowest BCUT2D eigenvalue weighted by molar-refractivity contribution is -0.123. The first-order valence-corrected chi connectivity index (χ1v) is 3.92. The molecule has 2 nitrogen and oxygen atoms in total. The number of carbonyl (C=O) groups is 1. The molecule has 2 atom stereocenters. The zero-order valence-corrected chi connectivity index (χ0v) is 5.97. The molecule has 2 fully saturated rings. The molecular weight excluding hydrogens is 126 g/mol. The number of primary amides is 1. The Morgan fingerprint density at radius 2 is 2.40 bits per heavy atom. The summed E-state index contributed by atoms with van der Waals surface area (Å²) in [4.78, 5) is 10.9. The van der Waals surface area contributed by atoms with Crippen molar-refractivity contribution in [3.63, 3.8) is 0 Å². The van der Waals surface area contributed by atoms with Gasteiger partial charge in [-0.15, -0.1) is 0 Å². The molecule has 0 bridgehead atoms. The van der Waals surface area contributed by atoms with Crippen molar-refractivity contribution in [3.05, 3.63) is 6.42 Å². The predicted molar refractivity (Wildman–Crippen MR) is 37.9 cm³/mol. The van der Waals surface area contributed by atoms with Gasteiger partial charge in [-0.25, -0.2) is 0 Å². The van der Waals surface area contributed by atoms with Gasteiger partial charge in [-0.3, -0.25) is 4.79 Å². The van der Waals surface area contributed by atoms with Crippen molar-refractivity contribution < 1.29 is 4.79 Å². The van der Waals surface area contributed by atoms with E-state index in [1.165, 1.54) is 19.3 Å². The highest BCUT2D eigenvalue weighted by atomic mass is 16.1. The van der Waals surface area contributed by atoms with E-state index in [1.807, 2.05) is 0 Å². The third-order valence-electron chi connectivity index (χ3n) is 2.87. The lowest BCUT2D eigenvalue weighted by Gasteiger charge is -2.17. The smallest absolute Gasteiger partial charge is 0.224 e. The van der Waals surface area contributed by atoms with E-state index in [1.54, 1.807) is 0 Å². The molecule has 0 aromatic rings. The van der Waals surface area contributed by atoms with Crippen LogP contribution in [0.1, 0.15) is 25.7 Å². The molecule has 55 valence electrons. The standard InChI is InChI=1S/C8H12NO/c9-7(10)8-4-2-1-3-6(8)5-8/h5-6H,1-4H2,(H2,9,10). The maximum absolute atomic E-state index is 10.9. The van der Waals surface area contributed by atoms with Crippen molar-refractivity contribution in [2.45, 2.75) is 25.7 Å². The Hall–Kier alpha value is -0.530. The van der Waals surface area contributed by atoms with Crippen LogP contribution in [0.25, 0.3) is 0 Å². The highest BCUT2D eigenvalue weighted by Gasteiger charge is 2.59. The van der Waals surface area contributed by atoms with Crippen LogP contribution in [0.2, 0.25) is 0 Å². The highest BCUT2D eigenvalue weighted by molar-refractivity contribution is 5.87. The molecule has 2 aliphatic rings. The number of nitrogens with two attached hydrogens (primary N) is 1. The monoisotopic (exact) mass is 138 g/mol. The summed E-state index contributed by atoms with van der Waals surface area (Å²) >= 11 is 0. The summed E-state index contributed by atoms with van der Waals surface area (Å²) in [6.07, 6.45) is 6.77. The van der Waals surface area contributed by atoms with Gasteiger partial charge in [-0.05, 0) is 25.2 Å². The van der Waals surface area contributed by atoms with Crippen LogP contribution in [0, 0.1) is 17.8 Å². The average molecular weight is 138 g/mol. The second kappa shape index (κ2) is 1.74. The number of carbonyl (C=O) groups excluding carboxylic acids is 1. The minimum atomic E-state index is -0.141. The molecule has 0 aliphatic heterocycles. The van der Waals surface area contributed by atoms with Crippen molar-refractivity contribution in [2.24, 2.45) is 17.1 Å². The first-order valence-electron chi connectivity index (χ1n) is 3.92. The molecule has 0 aromatic heterocycles. The predicted octanol–water partition coefficient (Wildman–Crippen LogP) is 0.866. The Labute approximate surface area is 60.8 Å². The fraction of sp³-hybridized carbons (Fsp3) is 0.750. The minimum Gasteiger partial charge on any atom is -0.369 e. The molecule has 2 unspecified atom stereocenters. The molecule has 10 heavy (non-hydrogen) atoms. The van der Waals surface area contributed by atoms with Gasteiger partial charge in [0.05, 0.1) is 5.41 Å². The van der Waals surface area contributed by atoms with Crippen LogP contribution < -0.4 is 5.73 Å². The summed E-state index contributed by atoms with van der Waals surface area (Å²) in [5.74, 6) is 0.441. The van der Waals surface area contributed by atoms with Crippen LogP contribution >= 0.6 is 0 Å². The molecule has 0 saturated heterocycles. The maximum atomic E-state index is 10.9. The summed E-state index contributed by atoms with van der Waals surface area (Å²) in [6.45, 7) is 0. The van der Waals surface area contributed by atoms with Crippen LogP contribution in [0.5, 0.6) is 0 Å². The largest absolute Gasteiger partial charge is 0.369 e. The van der Waals surface area contributed by atoms with E-state index >= 15 is 0 Å². The van der Waals surface area contributed by atoms with Gasteiger partial charge in [0.2, 0.25) is 5.91 Å². The Balaban J connectivity index is 2.12. The molecule has 0 spiro atoms. The fourth-order valence-electron chi connectivity index (χ4n) is 2.09. The van der Waals surface area contributed by atoms with Crippen molar-refractivity contribution in [1.29, 1.82) is 0 Å². The molecule has 2 N–H and O–H groups in total. The molecule has 0 aromatic carbocycles. The lowest BCUT2D eigenvalue weighted by Crippen LogP contribution is -2.28. The molecule has 1 radical (unpaired) electrons. The second-order valence-electron chi connectivity index (χ2n) is 3.42. The zero-order valence-electron chi connectivity index (χ0n) is 5.97. The Morgan fingerprint density at radius 1 is 1.60 bits per heavy atom. The average Bonchev–Trinajstić information content (AvgIpc) is 2.61. The maximum Gasteiger partial charge on any atom is 0.224 e. The van der Waals surface area contributed by atoms with Gasteiger partial charge >= 0.3 is 0 Å². The number of hydrogen-bond acceptors (Lipinski definition) is 1. The molecule has 2 saturated carbocycles. The molecular formula is C8H12NO. The molecule has 2 aliphatic carbocycles. The highest BCUT2D eigenvalue weighted by Crippen LogP contribution is 2.59. The van der Waals surface area contributed by atoms with E-state index in [0.29, 0.717) is 5.92 Å². The Bertz CT molecular complexity index is 178. The van der Waals surface area contributed by atoms with Crippen molar-refractivity contribution in [1.82, 2.24) is 0 Å². The second-order valence-corrected chi connectivity index (χ2v) is 3.42. The Kier molecular flexibility index (Phi) is 1.08. The van der Waals surface area contributed by atoms with E-state index in [0.717, 1.165) is 6.42 Å². The van der Waals surface area contributed by atoms with E-state index < -0.39 is 0 Å². The number of amides is 1. The van der Waals surface area contributed by atoms with Crippen LogP contribution in [0.3, 0.4) is 0 Å². The van der Waals surface area contributed by atoms with Crippen molar-refractivity contribution in [3.8, 4) is 0 Å². The van der Waals surface area contributed by atoms with Gasteiger partial charge < -0.3 is 5.73 Å². The summed E-state index contributed by atoms with van der Waals surface area (Å²) in [5.41, 5.74) is 5.13. The molecule has 1 amide bonds. The normalized spacial score (nSPS) is 44.2. The van der Waals surface area contributed by atoms with E-state index in [9.17, 15) is 4.79 Å². The summed E-state index contributed by atoms with van der Waals surface area (Å²) in [7, 11) is 0. The van der Waals surface area contributed by atoms with Gasteiger partial charge in [0.15, 0.2) is 0 Å². The minimum absolute atomic E-state index is 0.0998. The first kappa shape index (κ1) is 6.20. The van der Waals surface area contributed by atoms with Crippen LogP contribution in [-0.2, 0) is 4.79 Å². The SMILES string of the molecule is NC(=O)C12[CH]C1CCCC2. The number of fused-ring (bicyclic) bond motifs is 1. The van der Waals surface area contributed by atoms with E-state index in [4.69, 9.17) is 5.73 Å².